The lowest BCUT2D eigenvalue weighted by atomic mass is 10.00. The summed E-state index contributed by atoms with van der Waals surface area (Å²) in [7, 11) is 0. The van der Waals surface area contributed by atoms with Crippen molar-refractivity contribution in [3.8, 4) is 11.5 Å². The number of hydrogen-bond acceptors (Lipinski definition) is 2. The molecule has 0 fully saturated rings. The quantitative estimate of drug-likeness (QED) is 0.663. The lowest BCUT2D eigenvalue weighted by Crippen LogP contribution is -2.02. The van der Waals surface area contributed by atoms with Gasteiger partial charge in [-0.1, -0.05) is 30.7 Å². The maximum absolute atomic E-state index is 6.32. The maximum atomic E-state index is 6.32. The molecule has 1 unspecified atom stereocenters. The monoisotopic (exact) mass is 282 g/mol. The van der Waals surface area contributed by atoms with Crippen molar-refractivity contribution in [1.29, 1.82) is 0 Å². The molecular weight excluding hydrogens is 260 g/mol. The zero-order chi connectivity index (χ0) is 14.3. The second kappa shape index (κ2) is 8.11. The Kier molecular flexibility index (Phi) is 6.79. The standard InChI is InChI=1S/C16H23ClO2/c1-5-8-12(4)9-13-10-15(18-6-2)16(19-7-3)11-14(13)17/h5,8,10-12H,6-7,9H2,1-4H3/b8-5-. The van der Waals surface area contributed by atoms with E-state index in [0.717, 1.165) is 28.5 Å². The van der Waals surface area contributed by atoms with Crippen molar-refractivity contribution in [2.75, 3.05) is 13.2 Å². The Bertz CT molecular complexity index is 427. The van der Waals surface area contributed by atoms with Crippen LogP contribution in [0.15, 0.2) is 24.3 Å². The highest BCUT2D eigenvalue weighted by Gasteiger charge is 2.12. The lowest BCUT2D eigenvalue weighted by Gasteiger charge is -2.15. The molecule has 0 aliphatic carbocycles. The van der Waals surface area contributed by atoms with Gasteiger partial charge in [0.25, 0.3) is 0 Å². The average Bonchev–Trinajstić information content (AvgIpc) is 2.35. The van der Waals surface area contributed by atoms with Gasteiger partial charge in [-0.25, -0.2) is 0 Å². The second-order valence-corrected chi connectivity index (χ2v) is 4.87. The molecular formula is C16H23ClO2. The van der Waals surface area contributed by atoms with Gasteiger partial charge in [0.2, 0.25) is 0 Å². The van der Waals surface area contributed by atoms with Crippen LogP contribution in [0, 0.1) is 5.92 Å². The van der Waals surface area contributed by atoms with Crippen molar-refractivity contribution in [3.05, 3.63) is 34.9 Å². The maximum Gasteiger partial charge on any atom is 0.162 e. The Morgan fingerprint density at radius 1 is 1.16 bits per heavy atom. The largest absolute Gasteiger partial charge is 0.490 e. The topological polar surface area (TPSA) is 18.5 Å². The van der Waals surface area contributed by atoms with Crippen LogP contribution in [0.3, 0.4) is 0 Å². The molecule has 0 amide bonds. The third-order valence-electron chi connectivity index (χ3n) is 2.78. The zero-order valence-corrected chi connectivity index (χ0v) is 13.0. The van der Waals surface area contributed by atoms with E-state index in [4.69, 9.17) is 21.1 Å². The van der Waals surface area contributed by atoms with Crippen molar-refractivity contribution >= 4 is 11.6 Å². The first-order valence-electron chi connectivity index (χ1n) is 6.83. The molecule has 0 aliphatic rings. The number of benzene rings is 1. The minimum Gasteiger partial charge on any atom is -0.490 e. The van der Waals surface area contributed by atoms with Gasteiger partial charge >= 0.3 is 0 Å². The molecule has 0 aliphatic heterocycles. The van der Waals surface area contributed by atoms with E-state index < -0.39 is 0 Å². The van der Waals surface area contributed by atoms with Gasteiger partial charge in [-0.05, 0) is 44.7 Å². The number of ether oxygens (including phenoxy) is 2. The van der Waals surface area contributed by atoms with E-state index in [1.165, 1.54) is 0 Å². The molecule has 0 N–H and O–H groups in total. The Morgan fingerprint density at radius 2 is 1.74 bits per heavy atom. The molecule has 19 heavy (non-hydrogen) atoms. The van der Waals surface area contributed by atoms with Crippen LogP contribution in [0.4, 0.5) is 0 Å². The molecule has 0 heterocycles. The Balaban J connectivity index is 3.01. The summed E-state index contributed by atoms with van der Waals surface area (Å²) in [4.78, 5) is 0. The molecule has 1 aromatic carbocycles. The van der Waals surface area contributed by atoms with Crippen LogP contribution < -0.4 is 9.47 Å². The van der Waals surface area contributed by atoms with Gasteiger partial charge in [-0.3, -0.25) is 0 Å². The fourth-order valence-electron chi connectivity index (χ4n) is 2.01. The first-order valence-corrected chi connectivity index (χ1v) is 7.20. The minimum atomic E-state index is 0.454. The predicted octanol–water partition coefficient (Wildman–Crippen LogP) is 4.89. The summed E-state index contributed by atoms with van der Waals surface area (Å²) in [5.41, 5.74) is 1.10. The minimum absolute atomic E-state index is 0.454. The second-order valence-electron chi connectivity index (χ2n) is 4.46. The third kappa shape index (κ3) is 4.79. The van der Waals surface area contributed by atoms with Crippen molar-refractivity contribution in [1.82, 2.24) is 0 Å². The van der Waals surface area contributed by atoms with Gasteiger partial charge in [0.15, 0.2) is 11.5 Å². The van der Waals surface area contributed by atoms with Gasteiger partial charge in [0, 0.05) is 11.1 Å². The smallest absolute Gasteiger partial charge is 0.162 e. The van der Waals surface area contributed by atoms with Crippen LogP contribution >= 0.6 is 11.6 Å². The highest BCUT2D eigenvalue weighted by Crippen LogP contribution is 2.34. The Morgan fingerprint density at radius 3 is 2.26 bits per heavy atom. The van der Waals surface area contributed by atoms with Crippen LogP contribution in [0.1, 0.15) is 33.3 Å². The molecule has 1 aromatic rings. The summed E-state index contributed by atoms with van der Waals surface area (Å²) in [5.74, 6) is 1.95. The zero-order valence-electron chi connectivity index (χ0n) is 12.2. The molecule has 0 bridgehead atoms. The molecule has 2 nitrogen and oxygen atoms in total. The summed E-state index contributed by atoms with van der Waals surface area (Å²) in [6.45, 7) is 9.34. The van der Waals surface area contributed by atoms with Crippen molar-refractivity contribution in [3.63, 3.8) is 0 Å². The van der Waals surface area contributed by atoms with Crippen molar-refractivity contribution < 1.29 is 9.47 Å². The van der Waals surface area contributed by atoms with E-state index >= 15 is 0 Å². The van der Waals surface area contributed by atoms with E-state index in [0.29, 0.717) is 19.1 Å². The van der Waals surface area contributed by atoms with Crippen molar-refractivity contribution in [2.24, 2.45) is 5.92 Å². The van der Waals surface area contributed by atoms with Crippen LogP contribution in [-0.2, 0) is 6.42 Å². The molecule has 0 radical (unpaired) electrons. The van der Waals surface area contributed by atoms with Gasteiger partial charge in [-0.2, -0.15) is 0 Å². The Labute approximate surface area is 121 Å². The summed E-state index contributed by atoms with van der Waals surface area (Å²) < 4.78 is 11.2. The van der Waals surface area contributed by atoms with E-state index in [2.05, 4.69) is 19.1 Å². The van der Waals surface area contributed by atoms with E-state index in [9.17, 15) is 0 Å². The molecule has 1 rings (SSSR count). The first kappa shape index (κ1) is 15.9. The molecule has 0 spiro atoms. The summed E-state index contributed by atoms with van der Waals surface area (Å²) in [5, 5.41) is 0.739. The van der Waals surface area contributed by atoms with E-state index in [1.54, 1.807) is 0 Å². The fourth-order valence-corrected chi connectivity index (χ4v) is 2.24. The van der Waals surface area contributed by atoms with Gasteiger partial charge in [0.1, 0.15) is 0 Å². The normalized spacial score (nSPS) is 12.7. The lowest BCUT2D eigenvalue weighted by molar-refractivity contribution is 0.287. The van der Waals surface area contributed by atoms with Crippen LogP contribution in [0.25, 0.3) is 0 Å². The van der Waals surface area contributed by atoms with Gasteiger partial charge < -0.3 is 9.47 Å². The fraction of sp³-hybridized carbons (Fsp3) is 0.500. The van der Waals surface area contributed by atoms with Gasteiger partial charge in [0.05, 0.1) is 13.2 Å². The number of halogens is 1. The molecule has 0 aromatic heterocycles. The van der Waals surface area contributed by atoms with Crippen LogP contribution in [0.2, 0.25) is 5.02 Å². The predicted molar refractivity (Wildman–Crippen MR) is 81.5 cm³/mol. The van der Waals surface area contributed by atoms with Crippen molar-refractivity contribution in [2.45, 2.75) is 34.1 Å². The number of hydrogen-bond donors (Lipinski definition) is 0. The van der Waals surface area contributed by atoms with Crippen LogP contribution in [0.5, 0.6) is 11.5 Å². The summed E-state index contributed by atoms with van der Waals surface area (Å²) in [6, 6.07) is 3.85. The number of allylic oxidation sites excluding steroid dienone is 2. The highest BCUT2D eigenvalue weighted by molar-refractivity contribution is 6.31. The first-order chi connectivity index (χ1) is 9.12. The van der Waals surface area contributed by atoms with E-state index in [1.807, 2.05) is 32.9 Å². The molecule has 106 valence electrons. The summed E-state index contributed by atoms with van der Waals surface area (Å²) in [6.07, 6.45) is 5.14. The average molecular weight is 283 g/mol. The molecule has 3 heteroatoms. The van der Waals surface area contributed by atoms with E-state index in [-0.39, 0.29) is 0 Å². The van der Waals surface area contributed by atoms with Gasteiger partial charge in [-0.15, -0.1) is 0 Å². The SMILES string of the molecule is C/C=C\C(C)Cc1cc(OCC)c(OCC)cc1Cl. The number of rotatable bonds is 7. The Hall–Kier alpha value is -1.15. The molecule has 0 saturated heterocycles. The third-order valence-corrected chi connectivity index (χ3v) is 3.13. The van der Waals surface area contributed by atoms with Crippen LogP contribution in [-0.4, -0.2) is 13.2 Å². The summed E-state index contributed by atoms with van der Waals surface area (Å²) >= 11 is 6.32. The molecule has 1 atom stereocenters. The molecule has 0 saturated carbocycles. The highest BCUT2D eigenvalue weighted by atomic mass is 35.5.